The lowest BCUT2D eigenvalue weighted by Gasteiger charge is -2.20. The number of hydrogen-bond acceptors (Lipinski definition) is 4. The van der Waals surface area contributed by atoms with Crippen molar-refractivity contribution in [1.29, 1.82) is 0 Å². The van der Waals surface area contributed by atoms with Crippen LogP contribution in [0, 0.1) is 0 Å². The van der Waals surface area contributed by atoms with Crippen LogP contribution < -0.4 is 5.32 Å². The molecular formula is C15H28N2O3. The van der Waals surface area contributed by atoms with E-state index >= 15 is 0 Å². The summed E-state index contributed by atoms with van der Waals surface area (Å²) in [4.78, 5) is 13.6. The molecular weight excluding hydrogens is 256 g/mol. The molecule has 5 nitrogen and oxygen atoms in total. The molecule has 5 heteroatoms. The Balaban J connectivity index is 3.81. The summed E-state index contributed by atoms with van der Waals surface area (Å²) in [7, 11) is 3.52. The summed E-state index contributed by atoms with van der Waals surface area (Å²) in [5, 5.41) is 12.5. The Morgan fingerprint density at radius 3 is 2.80 bits per heavy atom. The van der Waals surface area contributed by atoms with E-state index in [2.05, 4.69) is 11.4 Å². The molecule has 0 saturated heterocycles. The zero-order valence-corrected chi connectivity index (χ0v) is 13.1. The fraction of sp³-hybridized carbons (Fsp3) is 0.667. The molecule has 0 spiro atoms. The second-order valence-electron chi connectivity index (χ2n) is 4.80. The predicted octanol–water partition coefficient (Wildman–Crippen LogP) is 1.30. The number of carbonyl (C=O) groups is 1. The van der Waals surface area contributed by atoms with E-state index in [0.717, 1.165) is 13.0 Å². The Morgan fingerprint density at radius 1 is 1.50 bits per heavy atom. The molecule has 20 heavy (non-hydrogen) atoms. The summed E-state index contributed by atoms with van der Waals surface area (Å²) in [5.74, 6) is 0.599. The van der Waals surface area contributed by atoms with Gasteiger partial charge in [0.2, 0.25) is 5.91 Å². The van der Waals surface area contributed by atoms with E-state index in [1.807, 2.05) is 24.9 Å². The minimum atomic E-state index is -0.554. The fourth-order valence-corrected chi connectivity index (χ4v) is 1.60. The van der Waals surface area contributed by atoms with Crippen LogP contribution in [0.15, 0.2) is 24.0 Å². The topological polar surface area (TPSA) is 61.8 Å². The van der Waals surface area contributed by atoms with Gasteiger partial charge in [0.15, 0.2) is 0 Å². The number of nitrogens with one attached hydrogen (secondary N) is 1. The molecule has 0 aromatic heterocycles. The van der Waals surface area contributed by atoms with Gasteiger partial charge in [0.1, 0.15) is 0 Å². The van der Waals surface area contributed by atoms with Crippen LogP contribution in [0.25, 0.3) is 0 Å². The number of nitrogens with zero attached hydrogens (tertiary/aromatic N) is 1. The van der Waals surface area contributed by atoms with Crippen LogP contribution in [0.4, 0.5) is 0 Å². The SMILES string of the molecule is C/C=C\CCN(C)CC(O)CNC(=O)C/C=C(\C)OC. The van der Waals surface area contributed by atoms with Crippen LogP contribution in [0.5, 0.6) is 0 Å². The van der Waals surface area contributed by atoms with E-state index in [-0.39, 0.29) is 18.9 Å². The maximum Gasteiger partial charge on any atom is 0.224 e. The molecule has 0 bridgehead atoms. The van der Waals surface area contributed by atoms with Crippen molar-refractivity contribution in [3.8, 4) is 0 Å². The third kappa shape index (κ3) is 10.6. The first-order valence-electron chi connectivity index (χ1n) is 6.94. The Morgan fingerprint density at radius 2 is 2.20 bits per heavy atom. The summed E-state index contributed by atoms with van der Waals surface area (Å²) in [6.45, 7) is 5.49. The van der Waals surface area contributed by atoms with Gasteiger partial charge in [0, 0.05) is 26.1 Å². The summed E-state index contributed by atoms with van der Waals surface area (Å²) < 4.78 is 4.95. The second kappa shape index (κ2) is 11.5. The number of aliphatic hydroxyl groups excluding tert-OH is 1. The lowest BCUT2D eigenvalue weighted by atomic mass is 10.3. The molecule has 1 atom stereocenters. The number of hydrogen-bond donors (Lipinski definition) is 2. The molecule has 0 aromatic rings. The second-order valence-corrected chi connectivity index (χ2v) is 4.80. The molecule has 0 aliphatic rings. The van der Waals surface area contributed by atoms with Crippen LogP contribution in [0.1, 0.15) is 26.7 Å². The van der Waals surface area contributed by atoms with Crippen LogP contribution >= 0.6 is 0 Å². The van der Waals surface area contributed by atoms with Crippen LogP contribution in [0.3, 0.4) is 0 Å². The number of methoxy groups -OCH3 is 1. The van der Waals surface area contributed by atoms with Gasteiger partial charge in [0.05, 0.1) is 19.0 Å². The maximum absolute atomic E-state index is 11.5. The molecule has 116 valence electrons. The normalized spacial score (nSPS) is 13.8. The lowest BCUT2D eigenvalue weighted by molar-refractivity contribution is -0.120. The number of allylic oxidation sites excluding steroid dienone is 2. The van der Waals surface area contributed by atoms with Crippen molar-refractivity contribution in [2.75, 3.05) is 33.8 Å². The monoisotopic (exact) mass is 284 g/mol. The Bertz CT molecular complexity index is 327. The molecule has 0 radical (unpaired) electrons. The van der Waals surface area contributed by atoms with Gasteiger partial charge in [-0.2, -0.15) is 0 Å². The molecule has 0 fully saturated rings. The highest BCUT2D eigenvalue weighted by atomic mass is 16.5. The minimum absolute atomic E-state index is 0.114. The summed E-state index contributed by atoms with van der Waals surface area (Å²) in [6.07, 6.45) is 6.50. The number of ether oxygens (including phenoxy) is 1. The Labute approximate surface area is 122 Å². The fourth-order valence-electron chi connectivity index (χ4n) is 1.60. The minimum Gasteiger partial charge on any atom is -0.502 e. The van der Waals surface area contributed by atoms with Crippen molar-refractivity contribution in [3.05, 3.63) is 24.0 Å². The summed E-state index contributed by atoms with van der Waals surface area (Å²) >= 11 is 0. The number of carbonyl (C=O) groups excluding carboxylic acids is 1. The highest BCUT2D eigenvalue weighted by Crippen LogP contribution is 1.96. The van der Waals surface area contributed by atoms with Gasteiger partial charge in [-0.05, 0) is 33.4 Å². The third-order valence-electron chi connectivity index (χ3n) is 2.87. The van der Waals surface area contributed by atoms with Crippen molar-refractivity contribution >= 4 is 5.91 Å². The zero-order valence-electron chi connectivity index (χ0n) is 13.1. The molecule has 0 saturated carbocycles. The van der Waals surface area contributed by atoms with E-state index in [1.54, 1.807) is 20.1 Å². The number of aliphatic hydroxyl groups is 1. The quantitative estimate of drug-likeness (QED) is 0.469. The molecule has 0 heterocycles. The molecule has 1 amide bonds. The van der Waals surface area contributed by atoms with E-state index in [9.17, 15) is 9.90 Å². The Hall–Kier alpha value is -1.33. The maximum atomic E-state index is 11.5. The van der Waals surface area contributed by atoms with Gasteiger partial charge < -0.3 is 20.1 Å². The largest absolute Gasteiger partial charge is 0.502 e. The van der Waals surface area contributed by atoms with E-state index in [0.29, 0.717) is 12.3 Å². The predicted molar refractivity (Wildman–Crippen MR) is 81.3 cm³/mol. The lowest BCUT2D eigenvalue weighted by Crippen LogP contribution is -2.38. The zero-order chi connectivity index (χ0) is 15.4. The number of amides is 1. The summed E-state index contributed by atoms with van der Waals surface area (Å²) in [6, 6.07) is 0. The smallest absolute Gasteiger partial charge is 0.224 e. The van der Waals surface area contributed by atoms with Gasteiger partial charge in [-0.1, -0.05) is 12.2 Å². The van der Waals surface area contributed by atoms with Crippen LogP contribution in [-0.4, -0.2) is 55.8 Å². The highest BCUT2D eigenvalue weighted by Gasteiger charge is 2.09. The van der Waals surface area contributed by atoms with Gasteiger partial charge in [0.25, 0.3) is 0 Å². The van der Waals surface area contributed by atoms with Crippen LogP contribution in [-0.2, 0) is 9.53 Å². The van der Waals surface area contributed by atoms with Gasteiger partial charge in [-0.15, -0.1) is 0 Å². The first-order valence-corrected chi connectivity index (χ1v) is 6.94. The van der Waals surface area contributed by atoms with E-state index in [4.69, 9.17) is 4.74 Å². The number of rotatable bonds is 10. The molecule has 0 rings (SSSR count). The molecule has 2 N–H and O–H groups in total. The van der Waals surface area contributed by atoms with Crippen molar-refractivity contribution in [2.45, 2.75) is 32.8 Å². The third-order valence-corrected chi connectivity index (χ3v) is 2.87. The van der Waals surface area contributed by atoms with Gasteiger partial charge in [-0.25, -0.2) is 0 Å². The van der Waals surface area contributed by atoms with Gasteiger partial charge >= 0.3 is 0 Å². The number of likely N-dealkylation sites (N-methyl/N-ethyl adjacent to an activating group) is 1. The van der Waals surface area contributed by atoms with E-state index in [1.165, 1.54) is 0 Å². The van der Waals surface area contributed by atoms with Crippen molar-refractivity contribution in [1.82, 2.24) is 10.2 Å². The van der Waals surface area contributed by atoms with Gasteiger partial charge in [-0.3, -0.25) is 4.79 Å². The van der Waals surface area contributed by atoms with Crippen molar-refractivity contribution in [2.24, 2.45) is 0 Å². The van der Waals surface area contributed by atoms with E-state index < -0.39 is 6.10 Å². The first-order chi connectivity index (χ1) is 9.49. The van der Waals surface area contributed by atoms with Crippen molar-refractivity contribution < 1.29 is 14.6 Å². The van der Waals surface area contributed by atoms with Crippen LogP contribution in [0.2, 0.25) is 0 Å². The molecule has 0 aromatic carbocycles. The average Bonchev–Trinajstić information content (AvgIpc) is 2.42. The molecule has 0 aliphatic carbocycles. The molecule has 0 aliphatic heterocycles. The summed E-state index contributed by atoms with van der Waals surface area (Å²) in [5.41, 5.74) is 0. The highest BCUT2D eigenvalue weighted by molar-refractivity contribution is 5.77. The first kappa shape index (κ1) is 18.7. The average molecular weight is 284 g/mol. The van der Waals surface area contributed by atoms with Crippen molar-refractivity contribution in [3.63, 3.8) is 0 Å². The standard InChI is InChI=1S/C15H28N2O3/c1-5-6-7-10-17(3)12-14(18)11-16-15(19)9-8-13(2)20-4/h5-6,8,14,18H,7,9-12H2,1-4H3,(H,16,19)/b6-5-,13-8+. The Kier molecular flexibility index (Phi) is 10.7. The molecule has 1 unspecified atom stereocenters.